The third-order valence-electron chi connectivity index (χ3n) is 3.02. The summed E-state index contributed by atoms with van der Waals surface area (Å²) in [6.45, 7) is 4.46. The van der Waals surface area contributed by atoms with E-state index in [9.17, 15) is 4.79 Å². The molecule has 0 spiro atoms. The summed E-state index contributed by atoms with van der Waals surface area (Å²) >= 11 is 11.9. The van der Waals surface area contributed by atoms with E-state index in [1.807, 2.05) is 19.9 Å². The van der Waals surface area contributed by atoms with Crippen LogP contribution in [0, 0.1) is 0 Å². The first-order valence-corrected chi connectivity index (χ1v) is 8.02. The second kappa shape index (κ2) is 8.13. The normalized spacial score (nSPS) is 10.7. The van der Waals surface area contributed by atoms with E-state index in [2.05, 4.69) is 20.6 Å². The Morgan fingerprint density at radius 3 is 2.61 bits per heavy atom. The molecule has 0 atom stereocenters. The molecule has 0 aliphatic heterocycles. The molecule has 23 heavy (non-hydrogen) atoms. The van der Waals surface area contributed by atoms with Crippen molar-refractivity contribution in [3.63, 3.8) is 0 Å². The van der Waals surface area contributed by atoms with Crippen LogP contribution in [0.4, 0.5) is 5.82 Å². The second-order valence-corrected chi connectivity index (χ2v) is 6.17. The van der Waals surface area contributed by atoms with Crippen molar-refractivity contribution in [3.8, 4) is 0 Å². The first-order valence-electron chi connectivity index (χ1n) is 7.26. The average Bonchev–Trinajstić information content (AvgIpc) is 2.49. The standard InChI is InChI=1S/C16H18Cl2N4O/c1-10(2)22-15-9-20-14(8-21-15)16(23)19-6-5-11-3-4-12(17)7-13(11)18/h3-4,7-10H,5-6H2,1-2H3,(H,19,23)(H,21,22). The maximum atomic E-state index is 12.0. The van der Waals surface area contributed by atoms with E-state index in [0.717, 1.165) is 5.56 Å². The molecular formula is C16H18Cl2N4O. The van der Waals surface area contributed by atoms with Crippen LogP contribution in [0.5, 0.6) is 0 Å². The minimum Gasteiger partial charge on any atom is -0.367 e. The van der Waals surface area contributed by atoms with Crippen molar-refractivity contribution in [2.45, 2.75) is 26.3 Å². The van der Waals surface area contributed by atoms with E-state index in [4.69, 9.17) is 23.2 Å². The van der Waals surface area contributed by atoms with Crippen molar-refractivity contribution in [2.24, 2.45) is 0 Å². The summed E-state index contributed by atoms with van der Waals surface area (Å²) in [7, 11) is 0. The van der Waals surface area contributed by atoms with E-state index in [0.29, 0.717) is 28.8 Å². The minimum atomic E-state index is -0.265. The van der Waals surface area contributed by atoms with Crippen molar-refractivity contribution in [3.05, 3.63) is 51.9 Å². The summed E-state index contributed by atoms with van der Waals surface area (Å²) in [5.41, 5.74) is 1.21. The quantitative estimate of drug-likeness (QED) is 0.833. The van der Waals surface area contributed by atoms with E-state index in [1.165, 1.54) is 6.20 Å². The number of anilines is 1. The number of carbonyl (C=O) groups excluding carboxylic acids is 1. The van der Waals surface area contributed by atoms with Crippen molar-refractivity contribution < 1.29 is 4.79 Å². The molecule has 0 fully saturated rings. The minimum absolute atomic E-state index is 0.258. The molecule has 1 amide bonds. The lowest BCUT2D eigenvalue weighted by Crippen LogP contribution is -2.27. The SMILES string of the molecule is CC(C)Nc1cnc(C(=O)NCCc2ccc(Cl)cc2Cl)cn1. The molecule has 7 heteroatoms. The number of amides is 1. The summed E-state index contributed by atoms with van der Waals surface area (Å²) in [6, 6.07) is 5.57. The number of nitrogens with one attached hydrogen (secondary N) is 2. The molecule has 122 valence electrons. The van der Waals surface area contributed by atoms with Gasteiger partial charge in [0.2, 0.25) is 0 Å². The zero-order valence-corrected chi connectivity index (χ0v) is 14.4. The Balaban J connectivity index is 1.87. The molecule has 1 heterocycles. The number of aromatic nitrogens is 2. The van der Waals surface area contributed by atoms with Gasteiger partial charge in [0.1, 0.15) is 11.5 Å². The molecule has 0 bridgehead atoms. The monoisotopic (exact) mass is 352 g/mol. The highest BCUT2D eigenvalue weighted by molar-refractivity contribution is 6.35. The topological polar surface area (TPSA) is 66.9 Å². The second-order valence-electron chi connectivity index (χ2n) is 5.33. The molecule has 0 aliphatic rings. The van der Waals surface area contributed by atoms with Crippen LogP contribution >= 0.6 is 23.2 Å². The van der Waals surface area contributed by atoms with Gasteiger partial charge in [0, 0.05) is 22.6 Å². The van der Waals surface area contributed by atoms with E-state index in [1.54, 1.807) is 18.3 Å². The van der Waals surface area contributed by atoms with Crippen LogP contribution in [0.1, 0.15) is 29.9 Å². The van der Waals surface area contributed by atoms with E-state index < -0.39 is 0 Å². The molecule has 2 aromatic rings. The lowest BCUT2D eigenvalue weighted by Gasteiger charge is -2.09. The van der Waals surface area contributed by atoms with Gasteiger partial charge in [-0.3, -0.25) is 4.79 Å². The van der Waals surface area contributed by atoms with Crippen LogP contribution in [0.15, 0.2) is 30.6 Å². The van der Waals surface area contributed by atoms with Crippen LogP contribution in [0.25, 0.3) is 0 Å². The van der Waals surface area contributed by atoms with Crippen LogP contribution in [-0.4, -0.2) is 28.5 Å². The number of rotatable bonds is 6. The van der Waals surface area contributed by atoms with Gasteiger partial charge in [-0.05, 0) is 38.0 Å². The molecule has 5 nitrogen and oxygen atoms in total. The molecule has 1 aromatic heterocycles. The summed E-state index contributed by atoms with van der Waals surface area (Å²) < 4.78 is 0. The molecular weight excluding hydrogens is 335 g/mol. The van der Waals surface area contributed by atoms with Gasteiger partial charge >= 0.3 is 0 Å². The zero-order chi connectivity index (χ0) is 16.8. The Kier molecular flexibility index (Phi) is 6.19. The van der Waals surface area contributed by atoms with Crippen molar-refractivity contribution >= 4 is 34.9 Å². The average molecular weight is 353 g/mol. The van der Waals surface area contributed by atoms with Gasteiger partial charge in [-0.15, -0.1) is 0 Å². The molecule has 2 rings (SSSR count). The lowest BCUT2D eigenvalue weighted by atomic mass is 10.1. The van der Waals surface area contributed by atoms with Crippen LogP contribution < -0.4 is 10.6 Å². The van der Waals surface area contributed by atoms with Crippen molar-refractivity contribution in [1.29, 1.82) is 0 Å². The summed E-state index contributed by atoms with van der Waals surface area (Å²) in [5.74, 6) is 0.378. The third kappa shape index (κ3) is 5.37. The Morgan fingerprint density at radius 1 is 1.22 bits per heavy atom. The van der Waals surface area contributed by atoms with Crippen molar-refractivity contribution in [2.75, 3.05) is 11.9 Å². The smallest absolute Gasteiger partial charge is 0.271 e. The van der Waals surface area contributed by atoms with Crippen LogP contribution in [0.2, 0.25) is 10.0 Å². The number of halogens is 2. The molecule has 0 radical (unpaired) electrons. The first-order chi connectivity index (χ1) is 11.0. The Labute approximate surface area is 145 Å². The Morgan fingerprint density at radius 2 is 2.00 bits per heavy atom. The highest BCUT2D eigenvalue weighted by Crippen LogP contribution is 2.21. The predicted octanol–water partition coefficient (Wildman–Crippen LogP) is 3.58. The van der Waals surface area contributed by atoms with E-state index >= 15 is 0 Å². The molecule has 2 N–H and O–H groups in total. The number of nitrogens with zero attached hydrogens (tertiary/aromatic N) is 2. The Bertz CT molecular complexity index is 674. The fourth-order valence-electron chi connectivity index (χ4n) is 1.94. The largest absolute Gasteiger partial charge is 0.367 e. The summed E-state index contributed by atoms with van der Waals surface area (Å²) in [4.78, 5) is 20.3. The van der Waals surface area contributed by atoms with Gasteiger partial charge in [-0.25, -0.2) is 9.97 Å². The van der Waals surface area contributed by atoms with Gasteiger partial charge in [-0.1, -0.05) is 29.3 Å². The van der Waals surface area contributed by atoms with Gasteiger partial charge in [-0.2, -0.15) is 0 Å². The summed E-state index contributed by atoms with van der Waals surface area (Å²) in [6.07, 6.45) is 3.61. The molecule has 0 saturated heterocycles. The van der Waals surface area contributed by atoms with Crippen LogP contribution in [-0.2, 0) is 6.42 Å². The Hall–Kier alpha value is -1.85. The van der Waals surface area contributed by atoms with Crippen molar-refractivity contribution in [1.82, 2.24) is 15.3 Å². The zero-order valence-electron chi connectivity index (χ0n) is 12.9. The number of hydrogen-bond acceptors (Lipinski definition) is 4. The molecule has 0 saturated carbocycles. The molecule has 1 aromatic carbocycles. The number of benzene rings is 1. The fourth-order valence-corrected chi connectivity index (χ4v) is 2.44. The highest BCUT2D eigenvalue weighted by Gasteiger charge is 2.08. The summed E-state index contributed by atoms with van der Waals surface area (Å²) in [5, 5.41) is 7.10. The van der Waals surface area contributed by atoms with Crippen LogP contribution in [0.3, 0.4) is 0 Å². The first kappa shape index (κ1) is 17.5. The number of carbonyl (C=O) groups is 1. The van der Waals surface area contributed by atoms with E-state index in [-0.39, 0.29) is 17.6 Å². The fraction of sp³-hybridized carbons (Fsp3) is 0.312. The lowest BCUT2D eigenvalue weighted by molar-refractivity contribution is 0.0949. The maximum Gasteiger partial charge on any atom is 0.271 e. The number of hydrogen-bond donors (Lipinski definition) is 2. The van der Waals surface area contributed by atoms with Gasteiger partial charge < -0.3 is 10.6 Å². The molecule has 0 unspecified atom stereocenters. The highest BCUT2D eigenvalue weighted by atomic mass is 35.5. The van der Waals surface area contributed by atoms with Gasteiger partial charge in [0.25, 0.3) is 5.91 Å². The molecule has 0 aliphatic carbocycles. The third-order valence-corrected chi connectivity index (χ3v) is 3.60. The maximum absolute atomic E-state index is 12.0. The predicted molar refractivity (Wildman–Crippen MR) is 93.3 cm³/mol. The van der Waals surface area contributed by atoms with Gasteiger partial charge in [0.15, 0.2) is 0 Å². The van der Waals surface area contributed by atoms with Gasteiger partial charge in [0.05, 0.1) is 12.4 Å².